The van der Waals surface area contributed by atoms with E-state index in [1.165, 1.54) is 0 Å². The highest BCUT2D eigenvalue weighted by Gasteiger charge is 2.36. The lowest BCUT2D eigenvalue weighted by molar-refractivity contribution is -0.116. The van der Waals surface area contributed by atoms with E-state index >= 15 is 0 Å². The number of aryl methyl sites for hydroxylation is 1. The standard InChI is InChI=1S/C25H22N4O4/c1-15-7-2-3-10-18(15)21(28-25(26)33)14-22(30)27-16-8-6-9-17(13-16)29-23(31)19-11-4-5-12-20(19)24(29)32/h2-13,21H,14H2,1H3,(H,27,30)(H3,26,28,33). The van der Waals surface area contributed by atoms with Gasteiger partial charge in [0, 0.05) is 5.69 Å². The highest BCUT2D eigenvalue weighted by molar-refractivity contribution is 6.34. The van der Waals surface area contributed by atoms with Gasteiger partial charge in [-0.15, -0.1) is 0 Å². The predicted octanol–water partition coefficient (Wildman–Crippen LogP) is 3.53. The van der Waals surface area contributed by atoms with Crippen molar-refractivity contribution in [3.63, 3.8) is 0 Å². The van der Waals surface area contributed by atoms with Crippen LogP contribution >= 0.6 is 0 Å². The summed E-state index contributed by atoms with van der Waals surface area (Å²) in [4.78, 5) is 50.8. The number of rotatable bonds is 6. The fourth-order valence-electron chi connectivity index (χ4n) is 3.93. The lowest BCUT2D eigenvalue weighted by Gasteiger charge is -2.20. The Labute approximate surface area is 190 Å². The Morgan fingerprint density at radius 2 is 1.55 bits per heavy atom. The van der Waals surface area contributed by atoms with Gasteiger partial charge in [0.1, 0.15) is 0 Å². The zero-order valence-electron chi connectivity index (χ0n) is 17.9. The first-order valence-electron chi connectivity index (χ1n) is 10.3. The molecule has 0 radical (unpaired) electrons. The molecule has 3 aromatic carbocycles. The van der Waals surface area contributed by atoms with Crippen molar-refractivity contribution in [1.82, 2.24) is 5.32 Å². The molecule has 8 heteroatoms. The zero-order valence-corrected chi connectivity index (χ0v) is 17.9. The molecular formula is C25H22N4O4. The largest absolute Gasteiger partial charge is 0.352 e. The molecule has 166 valence electrons. The van der Waals surface area contributed by atoms with E-state index in [4.69, 9.17) is 5.73 Å². The minimum absolute atomic E-state index is 0.0506. The summed E-state index contributed by atoms with van der Waals surface area (Å²) in [5.41, 5.74) is 8.46. The van der Waals surface area contributed by atoms with Crippen LogP contribution in [0.25, 0.3) is 0 Å². The van der Waals surface area contributed by atoms with Crippen molar-refractivity contribution >= 4 is 35.1 Å². The van der Waals surface area contributed by atoms with Crippen LogP contribution in [-0.4, -0.2) is 23.8 Å². The van der Waals surface area contributed by atoms with Crippen LogP contribution in [0.3, 0.4) is 0 Å². The molecule has 1 atom stereocenters. The number of nitrogens with two attached hydrogens (primary N) is 1. The number of fused-ring (bicyclic) bond motifs is 1. The minimum Gasteiger partial charge on any atom is -0.352 e. The summed E-state index contributed by atoms with van der Waals surface area (Å²) in [6.07, 6.45) is -0.0506. The van der Waals surface area contributed by atoms with Crippen molar-refractivity contribution in [3.8, 4) is 0 Å². The summed E-state index contributed by atoms with van der Waals surface area (Å²) < 4.78 is 0. The predicted molar refractivity (Wildman–Crippen MR) is 124 cm³/mol. The Morgan fingerprint density at radius 1 is 0.909 bits per heavy atom. The van der Waals surface area contributed by atoms with Crippen molar-refractivity contribution in [2.24, 2.45) is 5.73 Å². The maximum absolute atomic E-state index is 12.8. The second-order valence-electron chi connectivity index (χ2n) is 7.71. The highest BCUT2D eigenvalue weighted by Crippen LogP contribution is 2.30. The third-order valence-electron chi connectivity index (χ3n) is 5.45. The first-order valence-corrected chi connectivity index (χ1v) is 10.3. The highest BCUT2D eigenvalue weighted by atomic mass is 16.2. The molecule has 1 heterocycles. The number of hydrogen-bond donors (Lipinski definition) is 3. The number of carbonyl (C=O) groups excluding carboxylic acids is 4. The van der Waals surface area contributed by atoms with Crippen molar-refractivity contribution in [2.75, 3.05) is 10.2 Å². The lowest BCUT2D eigenvalue weighted by Crippen LogP contribution is -2.35. The molecule has 3 aromatic rings. The van der Waals surface area contributed by atoms with Crippen molar-refractivity contribution in [2.45, 2.75) is 19.4 Å². The maximum Gasteiger partial charge on any atom is 0.312 e. The third kappa shape index (κ3) is 4.45. The number of benzene rings is 3. The number of nitrogens with zero attached hydrogens (tertiary/aromatic N) is 1. The van der Waals surface area contributed by atoms with E-state index < -0.39 is 23.9 Å². The fourth-order valence-corrected chi connectivity index (χ4v) is 3.93. The van der Waals surface area contributed by atoms with Gasteiger partial charge in [0.2, 0.25) is 5.91 Å². The van der Waals surface area contributed by atoms with E-state index in [0.717, 1.165) is 16.0 Å². The molecule has 5 amide bonds. The van der Waals surface area contributed by atoms with Crippen molar-refractivity contribution in [1.29, 1.82) is 0 Å². The van der Waals surface area contributed by atoms with E-state index in [-0.39, 0.29) is 12.3 Å². The lowest BCUT2D eigenvalue weighted by atomic mass is 9.98. The second-order valence-corrected chi connectivity index (χ2v) is 7.71. The molecule has 1 aliphatic rings. The van der Waals surface area contributed by atoms with Crippen LogP contribution in [0.2, 0.25) is 0 Å². The van der Waals surface area contributed by atoms with Gasteiger partial charge in [0.25, 0.3) is 11.8 Å². The Bertz CT molecular complexity index is 1240. The van der Waals surface area contributed by atoms with Gasteiger partial charge in [0.05, 0.1) is 29.3 Å². The first kappa shape index (κ1) is 21.8. The topological polar surface area (TPSA) is 122 Å². The quantitative estimate of drug-likeness (QED) is 0.506. The van der Waals surface area contributed by atoms with Crippen LogP contribution in [0.1, 0.15) is 44.3 Å². The van der Waals surface area contributed by atoms with Crippen LogP contribution in [0.4, 0.5) is 16.2 Å². The summed E-state index contributed by atoms with van der Waals surface area (Å²) in [6.45, 7) is 1.88. The second kappa shape index (κ2) is 8.96. The molecular weight excluding hydrogens is 420 g/mol. The monoisotopic (exact) mass is 442 g/mol. The number of anilines is 2. The van der Waals surface area contributed by atoms with Crippen LogP contribution in [-0.2, 0) is 4.79 Å². The van der Waals surface area contributed by atoms with Gasteiger partial charge in [-0.1, -0.05) is 42.5 Å². The first-order chi connectivity index (χ1) is 15.8. The Kier molecular flexibility index (Phi) is 5.91. The molecule has 0 saturated carbocycles. The van der Waals surface area contributed by atoms with Gasteiger partial charge >= 0.3 is 6.03 Å². The van der Waals surface area contributed by atoms with E-state index in [1.807, 2.05) is 31.2 Å². The van der Waals surface area contributed by atoms with Gasteiger partial charge in [0.15, 0.2) is 0 Å². The number of primary amides is 1. The Balaban J connectivity index is 1.52. The summed E-state index contributed by atoms with van der Waals surface area (Å²) in [7, 11) is 0. The molecule has 0 bridgehead atoms. The maximum atomic E-state index is 12.8. The molecule has 0 fully saturated rings. The Hall–Kier alpha value is -4.46. The number of urea groups is 1. The average molecular weight is 442 g/mol. The van der Waals surface area contributed by atoms with Gasteiger partial charge in [-0.2, -0.15) is 0 Å². The van der Waals surface area contributed by atoms with E-state index in [9.17, 15) is 19.2 Å². The van der Waals surface area contributed by atoms with E-state index in [0.29, 0.717) is 22.5 Å². The van der Waals surface area contributed by atoms with Crippen LogP contribution in [0, 0.1) is 6.92 Å². The number of imide groups is 1. The molecule has 8 nitrogen and oxygen atoms in total. The molecule has 1 unspecified atom stereocenters. The number of amides is 5. The average Bonchev–Trinajstić information content (AvgIpc) is 3.04. The fraction of sp³-hybridized carbons (Fsp3) is 0.120. The number of carbonyl (C=O) groups is 4. The van der Waals surface area contributed by atoms with Gasteiger partial charge in [-0.25, -0.2) is 9.69 Å². The number of nitrogens with one attached hydrogen (secondary N) is 2. The third-order valence-corrected chi connectivity index (χ3v) is 5.45. The summed E-state index contributed by atoms with van der Waals surface area (Å²) in [6, 6.07) is 19.2. The van der Waals surface area contributed by atoms with Crippen molar-refractivity contribution < 1.29 is 19.2 Å². The molecule has 0 saturated heterocycles. The van der Waals surface area contributed by atoms with Crippen LogP contribution in [0.15, 0.2) is 72.8 Å². The normalized spacial score (nSPS) is 13.4. The van der Waals surface area contributed by atoms with Crippen molar-refractivity contribution in [3.05, 3.63) is 95.1 Å². The molecule has 1 aliphatic heterocycles. The van der Waals surface area contributed by atoms with E-state index in [1.54, 1.807) is 48.5 Å². The van der Waals surface area contributed by atoms with Crippen LogP contribution in [0.5, 0.6) is 0 Å². The van der Waals surface area contributed by atoms with Gasteiger partial charge < -0.3 is 16.4 Å². The minimum atomic E-state index is -0.733. The van der Waals surface area contributed by atoms with Gasteiger partial charge in [-0.3, -0.25) is 14.4 Å². The molecule has 0 aliphatic carbocycles. The molecule has 0 spiro atoms. The molecule has 4 rings (SSSR count). The SMILES string of the molecule is Cc1ccccc1C(CC(=O)Nc1cccc(N2C(=O)c3ccccc3C2=O)c1)NC(N)=O. The summed E-state index contributed by atoms with van der Waals surface area (Å²) >= 11 is 0. The van der Waals surface area contributed by atoms with Gasteiger partial charge in [-0.05, 0) is 48.4 Å². The summed E-state index contributed by atoms with van der Waals surface area (Å²) in [5.74, 6) is -1.19. The Morgan fingerprint density at radius 3 is 2.18 bits per heavy atom. The molecule has 33 heavy (non-hydrogen) atoms. The smallest absolute Gasteiger partial charge is 0.312 e. The van der Waals surface area contributed by atoms with Crippen LogP contribution < -0.4 is 21.3 Å². The van der Waals surface area contributed by atoms with E-state index in [2.05, 4.69) is 10.6 Å². The molecule has 0 aromatic heterocycles. The zero-order chi connectivity index (χ0) is 23.5. The molecule has 4 N–H and O–H groups in total. The summed E-state index contributed by atoms with van der Waals surface area (Å²) in [5, 5.41) is 5.38. The number of hydrogen-bond acceptors (Lipinski definition) is 4.